The van der Waals surface area contributed by atoms with E-state index in [2.05, 4.69) is 0 Å². The van der Waals surface area contributed by atoms with E-state index in [1.165, 1.54) is 21.6 Å². The minimum atomic E-state index is -1.77. The fraction of sp³-hybridized carbons (Fsp3) is 0.500. The molecule has 2 aromatic carbocycles. The van der Waals surface area contributed by atoms with Gasteiger partial charge in [-0.1, -0.05) is 52.8 Å². The molecule has 1 saturated heterocycles. The van der Waals surface area contributed by atoms with Crippen molar-refractivity contribution in [1.29, 1.82) is 0 Å². The van der Waals surface area contributed by atoms with E-state index in [9.17, 15) is 34.8 Å². The standard InChI is InChI=1S/C30H39NO11S2/c1-5-43-44-24(10-11-40-29(37)17(2)19-6-7-21-13-22(39-4)9-8-20(21)12-19)18(3)31(16-32)14-25(33)41-15-23-26(34)27(35)28(36)30(38)42-23/h6-9,12-13,16-17,23,26-28,30,34-36,38H,5,10-11,14-15H2,1-4H3/b24-18-/t17-,23-,26-,27+,28-,30?/m0/s1. The summed E-state index contributed by atoms with van der Waals surface area (Å²) in [5.41, 5.74) is 1.28. The molecule has 0 aromatic heterocycles. The highest BCUT2D eigenvalue weighted by molar-refractivity contribution is 8.78. The van der Waals surface area contributed by atoms with Gasteiger partial charge in [-0.25, -0.2) is 0 Å². The molecule has 1 aliphatic heterocycles. The van der Waals surface area contributed by atoms with Gasteiger partial charge >= 0.3 is 11.9 Å². The van der Waals surface area contributed by atoms with Crippen LogP contribution in [-0.2, 0) is 28.6 Å². The van der Waals surface area contributed by atoms with Gasteiger partial charge in [0, 0.05) is 22.8 Å². The van der Waals surface area contributed by atoms with Crippen molar-refractivity contribution in [2.75, 3.05) is 32.6 Å². The lowest BCUT2D eigenvalue weighted by Gasteiger charge is -2.37. The smallest absolute Gasteiger partial charge is 0.326 e. The first kappa shape index (κ1) is 35.6. The van der Waals surface area contributed by atoms with Gasteiger partial charge in [-0.15, -0.1) is 0 Å². The molecule has 4 N–H and O–H groups in total. The third kappa shape index (κ3) is 9.33. The molecular formula is C30H39NO11S2. The van der Waals surface area contributed by atoms with Gasteiger partial charge in [0.15, 0.2) is 6.29 Å². The molecule has 2 aromatic rings. The van der Waals surface area contributed by atoms with Gasteiger partial charge in [0.25, 0.3) is 0 Å². The van der Waals surface area contributed by atoms with Gasteiger partial charge in [0.1, 0.15) is 43.3 Å². The Morgan fingerprint density at radius 2 is 1.75 bits per heavy atom. The van der Waals surface area contributed by atoms with E-state index in [-0.39, 0.29) is 6.61 Å². The Labute approximate surface area is 263 Å². The molecule has 14 heteroatoms. The molecule has 0 spiro atoms. The highest BCUT2D eigenvalue weighted by atomic mass is 33.1. The molecule has 1 unspecified atom stereocenters. The van der Waals surface area contributed by atoms with Crippen LogP contribution >= 0.6 is 21.6 Å². The number of nitrogens with zero attached hydrogens (tertiary/aromatic N) is 1. The summed E-state index contributed by atoms with van der Waals surface area (Å²) < 4.78 is 21.0. The molecule has 0 radical (unpaired) electrons. The maximum Gasteiger partial charge on any atom is 0.326 e. The molecule has 12 nitrogen and oxygen atoms in total. The maximum absolute atomic E-state index is 12.9. The van der Waals surface area contributed by atoms with Gasteiger partial charge in [-0.3, -0.25) is 14.4 Å². The van der Waals surface area contributed by atoms with E-state index in [4.69, 9.17) is 18.9 Å². The Bertz CT molecular complexity index is 1320. The van der Waals surface area contributed by atoms with E-state index >= 15 is 0 Å². The van der Waals surface area contributed by atoms with Crippen molar-refractivity contribution in [3.8, 4) is 5.75 Å². The summed E-state index contributed by atoms with van der Waals surface area (Å²) in [4.78, 5) is 39.2. The zero-order valence-electron chi connectivity index (χ0n) is 25.0. The van der Waals surface area contributed by atoms with Gasteiger partial charge in [0.05, 0.1) is 19.6 Å². The van der Waals surface area contributed by atoms with Gasteiger partial charge in [-0.05, 0) is 42.3 Å². The average Bonchev–Trinajstić information content (AvgIpc) is 3.03. The maximum atomic E-state index is 12.9. The highest BCUT2D eigenvalue weighted by Crippen LogP contribution is 2.35. The molecule has 6 atom stereocenters. The van der Waals surface area contributed by atoms with Crippen molar-refractivity contribution in [3.63, 3.8) is 0 Å². The van der Waals surface area contributed by atoms with Crippen molar-refractivity contribution in [3.05, 3.63) is 52.6 Å². The molecule has 0 bridgehead atoms. The molecule has 44 heavy (non-hydrogen) atoms. The first-order valence-electron chi connectivity index (χ1n) is 14.0. The van der Waals surface area contributed by atoms with E-state index in [1.54, 1.807) is 21.0 Å². The lowest BCUT2D eigenvalue weighted by atomic mass is 9.98. The van der Waals surface area contributed by atoms with Gasteiger partial charge < -0.3 is 44.3 Å². The van der Waals surface area contributed by atoms with Crippen molar-refractivity contribution in [1.82, 2.24) is 4.90 Å². The monoisotopic (exact) mass is 653 g/mol. The quantitative estimate of drug-likeness (QED) is 0.125. The lowest BCUT2D eigenvalue weighted by molar-refractivity contribution is -0.287. The Balaban J connectivity index is 1.58. The van der Waals surface area contributed by atoms with Crippen LogP contribution in [0.15, 0.2) is 47.0 Å². The number of allylic oxidation sites excluding steroid dienone is 1. The molecule has 1 heterocycles. The number of ether oxygens (including phenoxy) is 4. The van der Waals surface area contributed by atoms with E-state index < -0.39 is 61.7 Å². The number of benzene rings is 2. The Kier molecular flexibility index (Phi) is 13.8. The third-order valence-electron chi connectivity index (χ3n) is 7.13. The number of amides is 1. The summed E-state index contributed by atoms with van der Waals surface area (Å²) in [6.07, 6.45) is -7.27. The number of carbonyl (C=O) groups is 3. The van der Waals surface area contributed by atoms with Crippen molar-refractivity contribution in [2.45, 2.75) is 63.8 Å². The largest absolute Gasteiger partial charge is 0.497 e. The number of aliphatic hydroxyl groups is 4. The normalized spacial score (nSPS) is 23.0. The third-order valence-corrected chi connectivity index (χ3v) is 9.85. The first-order valence-corrected chi connectivity index (χ1v) is 16.3. The highest BCUT2D eigenvalue weighted by Gasteiger charge is 2.43. The van der Waals surface area contributed by atoms with E-state index in [1.807, 2.05) is 43.3 Å². The number of carbonyl (C=O) groups excluding carboxylic acids is 3. The molecule has 0 saturated carbocycles. The van der Waals surface area contributed by atoms with Crippen molar-refractivity contribution in [2.24, 2.45) is 0 Å². The number of aliphatic hydroxyl groups excluding tert-OH is 4. The Morgan fingerprint density at radius 3 is 2.43 bits per heavy atom. The SMILES string of the molecule is CCSS/C(CCOC(=O)[C@@H](C)c1ccc2cc(OC)ccc2c1)=C(/C)N(C=O)CC(=O)OC[C@@H]1OC(O)[C@@H](O)[C@H](O)[C@H]1O. The molecule has 242 valence electrons. The topological polar surface area (TPSA) is 172 Å². The zero-order valence-corrected chi connectivity index (χ0v) is 26.6. The molecule has 1 aliphatic rings. The molecular weight excluding hydrogens is 614 g/mol. The van der Waals surface area contributed by atoms with Crippen molar-refractivity contribution < 1.29 is 53.8 Å². The van der Waals surface area contributed by atoms with Crippen LogP contribution in [0.2, 0.25) is 0 Å². The number of esters is 2. The van der Waals surface area contributed by atoms with E-state index in [0.29, 0.717) is 18.5 Å². The molecule has 3 rings (SSSR count). The predicted octanol–water partition coefficient (Wildman–Crippen LogP) is 2.32. The van der Waals surface area contributed by atoms with Crippen LogP contribution in [-0.4, -0.2) is 107 Å². The fourth-order valence-corrected chi connectivity index (χ4v) is 6.44. The second kappa shape index (κ2) is 17.0. The number of methoxy groups -OCH3 is 1. The van der Waals surface area contributed by atoms with Crippen LogP contribution in [0.4, 0.5) is 0 Å². The number of fused-ring (bicyclic) bond motifs is 1. The van der Waals surface area contributed by atoms with Crippen LogP contribution in [0.1, 0.15) is 38.7 Å². The Hall–Kier alpha value is -2.85. The zero-order chi connectivity index (χ0) is 32.4. The molecule has 1 amide bonds. The summed E-state index contributed by atoms with van der Waals surface area (Å²) >= 11 is 0. The average molecular weight is 654 g/mol. The molecule has 1 fully saturated rings. The van der Waals surface area contributed by atoms with Crippen LogP contribution < -0.4 is 4.74 Å². The van der Waals surface area contributed by atoms with Crippen LogP contribution in [0.25, 0.3) is 10.8 Å². The van der Waals surface area contributed by atoms with Crippen LogP contribution in [0.5, 0.6) is 5.75 Å². The summed E-state index contributed by atoms with van der Waals surface area (Å²) in [5, 5.41) is 41.0. The van der Waals surface area contributed by atoms with E-state index in [0.717, 1.165) is 37.6 Å². The fourth-order valence-electron chi connectivity index (χ4n) is 4.38. The number of hydrogen-bond acceptors (Lipinski definition) is 13. The summed E-state index contributed by atoms with van der Waals surface area (Å²) in [6.45, 7) is 4.48. The minimum Gasteiger partial charge on any atom is -0.497 e. The molecule has 0 aliphatic carbocycles. The van der Waals surface area contributed by atoms with Crippen LogP contribution in [0, 0.1) is 0 Å². The van der Waals surface area contributed by atoms with Gasteiger partial charge in [0.2, 0.25) is 6.41 Å². The summed E-state index contributed by atoms with van der Waals surface area (Å²) in [5.74, 6) is -0.215. The number of rotatable bonds is 15. The van der Waals surface area contributed by atoms with Crippen LogP contribution in [0.3, 0.4) is 0 Å². The van der Waals surface area contributed by atoms with Gasteiger partial charge in [-0.2, -0.15) is 0 Å². The summed E-state index contributed by atoms with van der Waals surface area (Å²) in [6, 6.07) is 11.5. The summed E-state index contributed by atoms with van der Waals surface area (Å²) in [7, 11) is 4.54. The van der Waals surface area contributed by atoms with Crippen molar-refractivity contribution >= 4 is 50.7 Å². The second-order valence-electron chi connectivity index (χ2n) is 10.1. The second-order valence-corrected chi connectivity index (χ2v) is 12.7. The predicted molar refractivity (Wildman–Crippen MR) is 166 cm³/mol. The Morgan fingerprint density at radius 1 is 1.05 bits per heavy atom. The lowest BCUT2D eigenvalue weighted by Crippen LogP contribution is -2.58. The first-order chi connectivity index (χ1) is 21.0. The number of hydrogen-bond donors (Lipinski definition) is 4. The minimum absolute atomic E-state index is 0.0580.